The number of aromatic hydroxyl groups is 2. The molecule has 1 atom stereocenters. The van der Waals surface area contributed by atoms with Gasteiger partial charge in [-0.15, -0.1) is 0 Å². The van der Waals surface area contributed by atoms with Crippen LogP contribution in [-0.4, -0.2) is 30.1 Å². The number of carbonyl (C=O) groups is 1. The lowest BCUT2D eigenvalue weighted by atomic mass is 9.99. The number of aromatic carboxylic acids is 1. The van der Waals surface area contributed by atoms with Gasteiger partial charge in [-0.3, -0.25) is 4.55 Å². The van der Waals surface area contributed by atoms with Crippen LogP contribution in [0.2, 0.25) is 0 Å². The molecule has 3 rings (SSSR count). The van der Waals surface area contributed by atoms with Crippen LogP contribution in [0.15, 0.2) is 54.6 Å². The Hall–Kier alpha value is -3.36. The Morgan fingerprint density at radius 2 is 1.52 bits per heavy atom. The number of phenolic OH excluding ortho intramolecular Hbond substituents is 1. The first-order valence-corrected chi connectivity index (χ1v) is 9.63. The number of carboxylic acid groups (broad SMARTS) is 1. The molecule has 8 heteroatoms. The normalized spacial score (nSPS) is 11.8. The van der Waals surface area contributed by atoms with Crippen molar-refractivity contribution in [2.24, 2.45) is 0 Å². The van der Waals surface area contributed by atoms with Crippen molar-refractivity contribution in [3.63, 3.8) is 0 Å². The molecule has 0 amide bonds. The molecule has 0 bridgehead atoms. The number of anilines is 2. The highest BCUT2D eigenvalue weighted by Crippen LogP contribution is 2.35. The van der Waals surface area contributed by atoms with Crippen molar-refractivity contribution in [2.45, 2.75) is 13.8 Å². The van der Waals surface area contributed by atoms with Gasteiger partial charge in [0.05, 0.1) is 11.4 Å². The summed E-state index contributed by atoms with van der Waals surface area (Å²) in [7, 11) is 0. The van der Waals surface area contributed by atoms with E-state index in [2.05, 4.69) is 0 Å². The van der Waals surface area contributed by atoms with Crippen LogP contribution in [0.1, 0.15) is 21.5 Å². The Kier molecular flexibility index (Phi) is 5.58. The second-order valence-corrected chi connectivity index (χ2v) is 7.37. The Balaban J connectivity index is 2.08. The highest BCUT2D eigenvalue weighted by atomic mass is 32.2. The summed E-state index contributed by atoms with van der Waals surface area (Å²) in [6.45, 7) is 3.58. The van der Waals surface area contributed by atoms with Gasteiger partial charge >= 0.3 is 5.97 Å². The molecule has 0 aromatic heterocycles. The number of aryl methyl sites for hydroxylation is 2. The zero-order chi connectivity index (χ0) is 21.3. The summed E-state index contributed by atoms with van der Waals surface area (Å²) in [6.07, 6.45) is 0. The lowest BCUT2D eigenvalue weighted by Gasteiger charge is -2.21. The van der Waals surface area contributed by atoms with Gasteiger partial charge in [0.15, 0.2) is 0 Å². The third-order valence-electron chi connectivity index (χ3n) is 4.51. The van der Waals surface area contributed by atoms with Crippen molar-refractivity contribution in [1.29, 1.82) is 0 Å². The van der Waals surface area contributed by atoms with Crippen molar-refractivity contribution < 1.29 is 28.9 Å². The predicted molar refractivity (Wildman–Crippen MR) is 111 cm³/mol. The zero-order valence-electron chi connectivity index (χ0n) is 15.7. The van der Waals surface area contributed by atoms with Crippen molar-refractivity contribution in [2.75, 3.05) is 4.31 Å². The molecule has 0 aliphatic carbocycles. The number of nitrogens with zero attached hydrogens (tertiary/aromatic N) is 1. The molecule has 3 aromatic rings. The maximum atomic E-state index is 12.0. The molecule has 0 heterocycles. The second-order valence-electron chi connectivity index (χ2n) is 6.54. The number of hydrogen-bond acceptors (Lipinski definition) is 4. The summed E-state index contributed by atoms with van der Waals surface area (Å²) in [5.41, 5.74) is 3.23. The fourth-order valence-corrected chi connectivity index (χ4v) is 3.68. The van der Waals surface area contributed by atoms with Crippen LogP contribution < -0.4 is 4.31 Å². The highest BCUT2D eigenvalue weighted by Gasteiger charge is 2.19. The van der Waals surface area contributed by atoms with Crippen molar-refractivity contribution in [1.82, 2.24) is 0 Å². The first kappa shape index (κ1) is 20.4. The van der Waals surface area contributed by atoms with Gasteiger partial charge in [0.1, 0.15) is 17.1 Å². The van der Waals surface area contributed by atoms with E-state index in [-0.39, 0.29) is 17.0 Å². The molecule has 0 aliphatic rings. The molecule has 0 aliphatic heterocycles. The molecule has 7 nitrogen and oxygen atoms in total. The van der Waals surface area contributed by atoms with Crippen LogP contribution in [0.25, 0.3) is 11.1 Å². The molecule has 0 fully saturated rings. The van der Waals surface area contributed by atoms with Crippen LogP contribution >= 0.6 is 0 Å². The highest BCUT2D eigenvalue weighted by molar-refractivity contribution is 7.81. The number of rotatable bonds is 5. The third-order valence-corrected chi connectivity index (χ3v) is 5.24. The van der Waals surface area contributed by atoms with E-state index in [9.17, 15) is 23.8 Å². The van der Waals surface area contributed by atoms with Gasteiger partial charge in [-0.05, 0) is 72.5 Å². The van der Waals surface area contributed by atoms with Gasteiger partial charge in [0.2, 0.25) is 0 Å². The Bertz CT molecular complexity index is 1100. The summed E-state index contributed by atoms with van der Waals surface area (Å²) < 4.78 is 22.9. The molecule has 0 saturated carbocycles. The van der Waals surface area contributed by atoms with E-state index >= 15 is 0 Å². The first-order chi connectivity index (χ1) is 13.7. The SMILES string of the molecule is Cc1cc(-c2cccc(N(c3ccc(C(=O)O)c(O)c3)S(=O)O)c2)cc(C)c1O. The number of benzene rings is 3. The Morgan fingerprint density at radius 1 is 0.897 bits per heavy atom. The summed E-state index contributed by atoms with van der Waals surface area (Å²) in [5.74, 6) is -1.59. The van der Waals surface area contributed by atoms with Gasteiger partial charge in [0.25, 0.3) is 11.3 Å². The summed E-state index contributed by atoms with van der Waals surface area (Å²) in [4.78, 5) is 11.1. The average molecular weight is 413 g/mol. The molecule has 29 heavy (non-hydrogen) atoms. The van der Waals surface area contributed by atoms with Crippen LogP contribution in [0.3, 0.4) is 0 Å². The molecule has 0 radical (unpaired) electrons. The van der Waals surface area contributed by atoms with E-state index in [4.69, 9.17) is 5.11 Å². The van der Waals surface area contributed by atoms with Gasteiger partial charge in [0, 0.05) is 6.07 Å². The van der Waals surface area contributed by atoms with Crippen molar-refractivity contribution in [3.05, 3.63) is 71.3 Å². The minimum Gasteiger partial charge on any atom is -0.507 e. The molecule has 150 valence electrons. The van der Waals surface area contributed by atoms with Crippen LogP contribution in [0, 0.1) is 13.8 Å². The maximum Gasteiger partial charge on any atom is 0.339 e. The lowest BCUT2D eigenvalue weighted by Crippen LogP contribution is -2.19. The maximum absolute atomic E-state index is 12.0. The Labute approximate surface area is 169 Å². The smallest absolute Gasteiger partial charge is 0.339 e. The van der Waals surface area contributed by atoms with Gasteiger partial charge < -0.3 is 15.3 Å². The predicted octanol–water partition coefficient (Wildman–Crippen LogP) is 4.35. The molecular weight excluding hydrogens is 394 g/mol. The van der Waals surface area contributed by atoms with E-state index in [0.29, 0.717) is 16.8 Å². The van der Waals surface area contributed by atoms with Crippen LogP contribution in [-0.2, 0) is 11.3 Å². The van der Waals surface area contributed by atoms with Crippen LogP contribution in [0.4, 0.5) is 11.4 Å². The van der Waals surface area contributed by atoms with Crippen LogP contribution in [0.5, 0.6) is 11.5 Å². The number of carboxylic acids is 1. The molecular formula is C21H19NO6S. The summed E-state index contributed by atoms with van der Waals surface area (Å²) >= 11 is -2.47. The van der Waals surface area contributed by atoms with E-state index in [1.54, 1.807) is 32.0 Å². The number of phenols is 2. The van der Waals surface area contributed by atoms with Gasteiger partial charge in [-0.1, -0.05) is 12.1 Å². The van der Waals surface area contributed by atoms with E-state index < -0.39 is 23.0 Å². The lowest BCUT2D eigenvalue weighted by molar-refractivity contribution is 0.0693. The molecule has 0 saturated heterocycles. The molecule has 3 aromatic carbocycles. The summed E-state index contributed by atoms with van der Waals surface area (Å²) in [6, 6.07) is 14.1. The molecule has 1 unspecified atom stereocenters. The fraction of sp³-hybridized carbons (Fsp3) is 0.0952. The Morgan fingerprint density at radius 3 is 2.07 bits per heavy atom. The largest absolute Gasteiger partial charge is 0.507 e. The minimum atomic E-state index is -2.47. The van der Waals surface area contributed by atoms with Crippen molar-refractivity contribution in [3.8, 4) is 22.6 Å². The second kappa shape index (κ2) is 7.94. The fourth-order valence-electron chi connectivity index (χ4n) is 3.09. The zero-order valence-corrected chi connectivity index (χ0v) is 16.5. The third kappa shape index (κ3) is 4.08. The van der Waals surface area contributed by atoms with Crippen molar-refractivity contribution >= 4 is 28.6 Å². The van der Waals surface area contributed by atoms with E-state index in [1.165, 1.54) is 12.1 Å². The topological polar surface area (TPSA) is 118 Å². The summed E-state index contributed by atoms with van der Waals surface area (Å²) in [5, 5.41) is 29.0. The molecule has 0 spiro atoms. The number of hydrogen-bond donors (Lipinski definition) is 4. The first-order valence-electron chi connectivity index (χ1n) is 8.57. The van der Waals surface area contributed by atoms with E-state index in [1.807, 2.05) is 18.2 Å². The van der Waals surface area contributed by atoms with Gasteiger partial charge in [-0.25, -0.2) is 13.3 Å². The monoisotopic (exact) mass is 413 g/mol. The van der Waals surface area contributed by atoms with Gasteiger partial charge in [-0.2, -0.15) is 0 Å². The standard InChI is InChI=1S/C21H19NO6S/c1-12-8-15(9-13(2)20(12)24)14-4-3-5-16(10-14)22(29(27)28)17-6-7-18(21(25)26)19(23)11-17/h3-11,23-24H,1-2H3,(H,25,26)(H,27,28). The quantitative estimate of drug-likeness (QED) is 0.462. The minimum absolute atomic E-state index is 0.156. The van der Waals surface area contributed by atoms with E-state index in [0.717, 1.165) is 21.5 Å². The average Bonchev–Trinajstić information content (AvgIpc) is 2.65. The molecule has 4 N–H and O–H groups in total.